The molecule has 0 fully saturated rings. The summed E-state index contributed by atoms with van der Waals surface area (Å²) < 4.78 is 73.8. The van der Waals surface area contributed by atoms with Crippen molar-refractivity contribution in [1.29, 1.82) is 0 Å². The van der Waals surface area contributed by atoms with Crippen molar-refractivity contribution in [3.63, 3.8) is 0 Å². The first-order valence-corrected chi connectivity index (χ1v) is 4.31. The van der Waals surface area contributed by atoms with E-state index >= 15 is 0 Å². The highest BCUT2D eigenvalue weighted by Gasteiger charge is 2.39. The van der Waals surface area contributed by atoms with Crippen LogP contribution in [0, 0.1) is 0 Å². The van der Waals surface area contributed by atoms with Crippen LogP contribution in [-0.2, 0) is 12.4 Å². The second kappa shape index (κ2) is 5.27. The van der Waals surface area contributed by atoms with E-state index in [1.807, 2.05) is 0 Å². The molecule has 1 heterocycles. The third kappa shape index (κ3) is 3.98. The van der Waals surface area contributed by atoms with Crippen LogP contribution >= 0.6 is 12.4 Å². The van der Waals surface area contributed by atoms with Crippen LogP contribution in [0.15, 0.2) is 6.07 Å². The van der Waals surface area contributed by atoms with Crippen LogP contribution in [0.1, 0.15) is 30.2 Å². The molecule has 18 heavy (non-hydrogen) atoms. The lowest BCUT2D eigenvalue weighted by molar-refractivity contribution is -0.148. The Morgan fingerprint density at radius 1 is 1.00 bits per heavy atom. The summed E-state index contributed by atoms with van der Waals surface area (Å²) in [5, 5.41) is 0. The Labute approximate surface area is 104 Å². The second-order valence-electron chi connectivity index (χ2n) is 3.28. The first-order valence-electron chi connectivity index (χ1n) is 4.31. The van der Waals surface area contributed by atoms with Crippen molar-refractivity contribution < 1.29 is 26.3 Å². The average Bonchev–Trinajstić information content (AvgIpc) is 2.14. The molecule has 0 aliphatic heterocycles. The van der Waals surface area contributed by atoms with Crippen LogP contribution in [0.4, 0.5) is 26.3 Å². The van der Waals surface area contributed by atoms with Gasteiger partial charge in [0.05, 0.1) is 6.04 Å². The largest absolute Gasteiger partial charge is 0.433 e. The highest BCUT2D eigenvalue weighted by Crippen LogP contribution is 2.33. The SMILES string of the molecule is CC(N)c1nc(C(F)(F)F)cc(C(F)(F)F)n1.Cl. The Morgan fingerprint density at radius 2 is 1.33 bits per heavy atom. The predicted octanol–water partition coefficient (Wildman–Crippen LogP) is 2.96. The molecular weight excluding hydrogens is 288 g/mol. The summed E-state index contributed by atoms with van der Waals surface area (Å²) in [6.45, 7) is 1.19. The quantitative estimate of drug-likeness (QED) is 0.810. The van der Waals surface area contributed by atoms with Crippen molar-refractivity contribution >= 4 is 12.4 Å². The summed E-state index contributed by atoms with van der Waals surface area (Å²) in [6.07, 6.45) is -9.96. The lowest BCUT2D eigenvalue weighted by Gasteiger charge is -2.13. The standard InChI is InChI=1S/C8H7F6N3.ClH/c1-3(15)6-16-4(7(9,10)11)2-5(17-6)8(12,13)14;/h2-3H,15H2,1H3;1H. The number of halogens is 7. The monoisotopic (exact) mass is 295 g/mol. The van der Waals surface area contributed by atoms with Crippen molar-refractivity contribution in [1.82, 2.24) is 9.97 Å². The summed E-state index contributed by atoms with van der Waals surface area (Å²) in [6, 6.07) is -1.27. The van der Waals surface area contributed by atoms with Gasteiger partial charge < -0.3 is 5.73 Å². The first-order chi connectivity index (χ1) is 7.51. The smallest absolute Gasteiger partial charge is 0.322 e. The van der Waals surface area contributed by atoms with E-state index in [0.717, 1.165) is 0 Å². The Kier molecular flexibility index (Phi) is 4.95. The van der Waals surface area contributed by atoms with E-state index < -0.39 is 35.6 Å². The van der Waals surface area contributed by atoms with Crippen molar-refractivity contribution in [2.45, 2.75) is 25.3 Å². The summed E-state index contributed by atoms with van der Waals surface area (Å²) in [4.78, 5) is 5.91. The maximum Gasteiger partial charge on any atom is 0.433 e. The van der Waals surface area contributed by atoms with E-state index in [1.165, 1.54) is 6.92 Å². The zero-order chi connectivity index (χ0) is 13.4. The van der Waals surface area contributed by atoms with Gasteiger partial charge in [0.2, 0.25) is 0 Å². The number of rotatable bonds is 1. The molecule has 0 amide bonds. The summed E-state index contributed by atoms with van der Waals surface area (Å²) >= 11 is 0. The van der Waals surface area contributed by atoms with Gasteiger partial charge in [-0.15, -0.1) is 12.4 Å². The number of nitrogens with zero attached hydrogens (tertiary/aromatic N) is 2. The van der Waals surface area contributed by atoms with Crippen LogP contribution in [-0.4, -0.2) is 9.97 Å². The molecule has 0 bridgehead atoms. The van der Waals surface area contributed by atoms with Gasteiger partial charge in [0.1, 0.15) is 17.2 Å². The molecule has 3 nitrogen and oxygen atoms in total. The van der Waals surface area contributed by atoms with Gasteiger partial charge in [-0.1, -0.05) is 0 Å². The maximum atomic E-state index is 12.3. The van der Waals surface area contributed by atoms with Crippen LogP contribution in [0.5, 0.6) is 0 Å². The topological polar surface area (TPSA) is 51.8 Å². The molecule has 1 rings (SSSR count). The summed E-state index contributed by atoms with van der Waals surface area (Å²) in [7, 11) is 0. The maximum absolute atomic E-state index is 12.3. The molecule has 1 aromatic rings. The molecule has 0 aromatic carbocycles. The highest BCUT2D eigenvalue weighted by molar-refractivity contribution is 5.85. The van der Waals surface area contributed by atoms with Gasteiger partial charge in [-0.3, -0.25) is 0 Å². The van der Waals surface area contributed by atoms with Crippen molar-refractivity contribution in [2.75, 3.05) is 0 Å². The minimum absolute atomic E-state index is 0. The van der Waals surface area contributed by atoms with Gasteiger partial charge >= 0.3 is 12.4 Å². The molecule has 1 aromatic heterocycles. The molecule has 1 atom stereocenters. The molecule has 0 spiro atoms. The van der Waals surface area contributed by atoms with Crippen LogP contribution in [0.2, 0.25) is 0 Å². The number of hydrogen-bond donors (Lipinski definition) is 1. The zero-order valence-corrected chi connectivity index (χ0v) is 9.62. The number of alkyl halides is 6. The summed E-state index contributed by atoms with van der Waals surface area (Å²) in [5.41, 5.74) is 1.86. The van der Waals surface area contributed by atoms with E-state index in [1.54, 1.807) is 0 Å². The third-order valence-corrected chi connectivity index (χ3v) is 1.73. The third-order valence-electron chi connectivity index (χ3n) is 1.73. The molecule has 0 saturated carbocycles. The Bertz CT molecular complexity index is 382. The zero-order valence-electron chi connectivity index (χ0n) is 8.80. The Hall–Kier alpha value is -1.09. The fraction of sp³-hybridized carbons (Fsp3) is 0.500. The number of nitrogens with two attached hydrogens (primary N) is 1. The van der Waals surface area contributed by atoms with Gasteiger partial charge in [0.25, 0.3) is 0 Å². The minimum atomic E-state index is -4.98. The van der Waals surface area contributed by atoms with Gasteiger partial charge in [-0.25, -0.2) is 9.97 Å². The van der Waals surface area contributed by atoms with Gasteiger partial charge in [-0.2, -0.15) is 26.3 Å². The molecule has 2 N–H and O–H groups in total. The lowest BCUT2D eigenvalue weighted by atomic mass is 10.2. The first kappa shape index (κ1) is 16.9. The fourth-order valence-electron chi connectivity index (χ4n) is 0.960. The Morgan fingerprint density at radius 3 is 1.56 bits per heavy atom. The average molecular weight is 296 g/mol. The second-order valence-corrected chi connectivity index (χ2v) is 3.28. The molecular formula is C8H8ClF6N3. The predicted molar refractivity (Wildman–Crippen MR) is 51.9 cm³/mol. The van der Waals surface area contributed by atoms with Gasteiger partial charge in [0.15, 0.2) is 0 Å². The van der Waals surface area contributed by atoms with Crippen molar-refractivity contribution in [2.24, 2.45) is 5.73 Å². The van der Waals surface area contributed by atoms with E-state index in [0.29, 0.717) is 0 Å². The lowest BCUT2D eigenvalue weighted by Crippen LogP contribution is -2.20. The summed E-state index contributed by atoms with van der Waals surface area (Å²) in [5.74, 6) is -0.702. The molecule has 104 valence electrons. The molecule has 0 aliphatic carbocycles. The van der Waals surface area contributed by atoms with E-state index in [2.05, 4.69) is 9.97 Å². The van der Waals surface area contributed by atoms with E-state index in [9.17, 15) is 26.3 Å². The number of hydrogen-bond acceptors (Lipinski definition) is 3. The normalized spacial score (nSPS) is 14.0. The molecule has 10 heteroatoms. The fourth-order valence-corrected chi connectivity index (χ4v) is 0.960. The Balaban J connectivity index is 0.00000289. The minimum Gasteiger partial charge on any atom is -0.322 e. The van der Waals surface area contributed by atoms with Crippen molar-refractivity contribution in [3.05, 3.63) is 23.3 Å². The van der Waals surface area contributed by atoms with Crippen molar-refractivity contribution in [3.8, 4) is 0 Å². The van der Waals surface area contributed by atoms with Crippen LogP contribution in [0.3, 0.4) is 0 Å². The molecule has 1 unspecified atom stereocenters. The van der Waals surface area contributed by atoms with Gasteiger partial charge in [-0.05, 0) is 13.0 Å². The highest BCUT2D eigenvalue weighted by atomic mass is 35.5. The van der Waals surface area contributed by atoms with E-state index in [4.69, 9.17) is 5.73 Å². The number of aromatic nitrogens is 2. The van der Waals surface area contributed by atoms with E-state index in [-0.39, 0.29) is 18.5 Å². The molecule has 0 aliphatic rings. The molecule has 0 saturated heterocycles. The van der Waals surface area contributed by atoms with Crippen LogP contribution in [0.25, 0.3) is 0 Å². The van der Waals surface area contributed by atoms with Gasteiger partial charge in [0, 0.05) is 0 Å². The van der Waals surface area contributed by atoms with Crippen LogP contribution < -0.4 is 5.73 Å². The molecule has 0 radical (unpaired) electrons.